The van der Waals surface area contributed by atoms with E-state index in [1.165, 1.54) is 4.48 Å². The van der Waals surface area contributed by atoms with Gasteiger partial charge < -0.3 is 4.48 Å². The molecule has 0 fully saturated rings. The first-order valence-corrected chi connectivity index (χ1v) is 13.7. The van der Waals surface area contributed by atoms with E-state index in [0.717, 1.165) is 86.1 Å². The van der Waals surface area contributed by atoms with E-state index in [4.69, 9.17) is 4.99 Å². The minimum Gasteiger partial charge on any atom is -0.329 e. The van der Waals surface area contributed by atoms with Gasteiger partial charge in [0.25, 0.3) is 0 Å². The molecule has 2 aliphatic rings. The summed E-state index contributed by atoms with van der Waals surface area (Å²) in [4.78, 5) is 4.97. The Morgan fingerprint density at radius 1 is 0.971 bits per heavy atom. The smallest absolute Gasteiger partial charge is 0.329 e. The lowest BCUT2D eigenvalue weighted by Crippen LogP contribution is -2.19. The molecule has 0 saturated heterocycles. The van der Waals surface area contributed by atoms with Crippen LogP contribution < -0.4 is 0 Å². The van der Waals surface area contributed by atoms with Crippen molar-refractivity contribution in [2.45, 2.75) is 94.9 Å². The van der Waals surface area contributed by atoms with E-state index in [-0.39, 0.29) is 0 Å². The topological polar surface area (TPSA) is 17.3 Å². The molecule has 0 bridgehead atoms. The summed E-state index contributed by atoms with van der Waals surface area (Å²) >= 11 is 3.59. The van der Waals surface area contributed by atoms with E-state index in [1.807, 2.05) is 41.5 Å². The fourth-order valence-corrected chi connectivity index (χ4v) is 6.07. The van der Waals surface area contributed by atoms with Crippen LogP contribution in [0, 0.1) is 20.8 Å². The predicted octanol–water partition coefficient (Wildman–Crippen LogP) is 9.45. The Bertz CT molecular complexity index is 1160. The van der Waals surface area contributed by atoms with Gasteiger partial charge in [0.05, 0.1) is 5.70 Å². The van der Waals surface area contributed by atoms with Crippen LogP contribution in [-0.4, -0.2) is 17.6 Å². The highest BCUT2D eigenvalue weighted by Gasteiger charge is 2.36. The van der Waals surface area contributed by atoms with Gasteiger partial charge in [-0.25, -0.2) is 0 Å². The molecule has 1 aromatic heterocycles. The van der Waals surface area contributed by atoms with E-state index in [9.17, 15) is 8.63 Å². The number of allylic oxidation sites excluding steroid dienone is 2. The molecule has 0 amide bonds. The Hall–Kier alpha value is -1.95. The molecule has 0 radical (unpaired) electrons. The maximum atomic E-state index is 14.5. The molecule has 0 spiro atoms. The second-order valence-corrected chi connectivity index (χ2v) is 9.60. The lowest BCUT2D eigenvalue weighted by molar-refractivity contribution is 0.622. The molecule has 1 aromatic carbocycles. The molecule has 2 aromatic rings. The molecule has 190 valence electrons. The van der Waals surface area contributed by atoms with Gasteiger partial charge in [-0.2, -0.15) is 0 Å². The van der Waals surface area contributed by atoms with Gasteiger partial charge in [0.2, 0.25) is 0 Å². The van der Waals surface area contributed by atoms with E-state index in [2.05, 4.69) is 55.8 Å². The maximum Gasteiger partial charge on any atom is 0.677 e. The average Bonchev–Trinajstić information content (AvgIpc) is 3.48. The molecule has 1 aliphatic heterocycles. The van der Waals surface area contributed by atoms with Gasteiger partial charge in [0, 0.05) is 27.1 Å². The molecule has 4 rings (SSSR count). The summed E-state index contributed by atoms with van der Waals surface area (Å²) in [7, 11) is -2.59. The summed E-state index contributed by atoms with van der Waals surface area (Å²) in [6.07, 6.45) is 3.54. The standard InChI is InChI=1S/C25H28BBrF2N2.2C2H6/c1-7-19-15(4)16(5)30-24(19)23(22-13(2)11-18(27)12-14(22)3)25-21-10-8-9-20(21)17(6)31(25)26(28)29;2*1-2/h11-12H,7-10H2,1-6H3;2*1-2H3/b24-23-;;. The molecule has 2 nitrogen and oxygen atoms in total. The fraction of sp³-hybridized carbons (Fsp3) is 0.483. The van der Waals surface area contributed by atoms with Gasteiger partial charge in [-0.15, -0.1) is 0 Å². The third-order valence-electron chi connectivity index (χ3n) is 6.87. The number of hydrogen-bond donors (Lipinski definition) is 0. The van der Waals surface area contributed by atoms with Crippen LogP contribution in [0.5, 0.6) is 0 Å². The quantitative estimate of drug-likeness (QED) is 0.341. The van der Waals surface area contributed by atoms with Crippen LogP contribution in [0.1, 0.15) is 101 Å². The number of rotatable bonds is 4. The first-order chi connectivity index (χ1) is 16.7. The third kappa shape index (κ3) is 5.28. The highest BCUT2D eigenvalue weighted by molar-refractivity contribution is 9.10. The summed E-state index contributed by atoms with van der Waals surface area (Å²) in [6, 6.07) is 4.14. The van der Waals surface area contributed by atoms with Crippen LogP contribution in [0.2, 0.25) is 0 Å². The summed E-state index contributed by atoms with van der Waals surface area (Å²) in [5.74, 6) is 0. The second kappa shape index (κ2) is 12.3. The van der Waals surface area contributed by atoms with Crippen molar-refractivity contribution < 1.29 is 8.63 Å². The van der Waals surface area contributed by atoms with Crippen LogP contribution in [0.4, 0.5) is 8.63 Å². The zero-order chi connectivity index (χ0) is 26.6. The number of benzene rings is 1. The number of aliphatic imine (C=N–C) groups is 1. The van der Waals surface area contributed by atoms with Gasteiger partial charge in [-0.1, -0.05) is 50.5 Å². The summed E-state index contributed by atoms with van der Waals surface area (Å²) < 4.78 is 31.2. The van der Waals surface area contributed by atoms with E-state index >= 15 is 0 Å². The zero-order valence-corrected chi connectivity index (χ0v) is 24.7. The Balaban J connectivity index is 0.00000103. The lowest BCUT2D eigenvalue weighted by Gasteiger charge is -2.21. The van der Waals surface area contributed by atoms with Crippen LogP contribution in [0.15, 0.2) is 38.4 Å². The van der Waals surface area contributed by atoms with Crippen molar-refractivity contribution in [1.82, 2.24) is 4.48 Å². The molecule has 2 heterocycles. The molecule has 0 saturated carbocycles. The zero-order valence-electron chi connectivity index (χ0n) is 23.1. The van der Waals surface area contributed by atoms with Crippen molar-refractivity contribution >= 4 is 34.6 Å². The number of nitrogens with zero attached hydrogens (tertiary/aromatic N) is 2. The third-order valence-corrected chi connectivity index (χ3v) is 7.33. The SMILES string of the molecule is CC.CC.CCC1=C(C)C(C)=N/C1=C(/c1c(C)cc(Br)cc1C)c1c2c(c(C)n1B(F)F)CCC2. The van der Waals surface area contributed by atoms with Crippen LogP contribution in [0.3, 0.4) is 0 Å². The predicted molar refractivity (Wildman–Crippen MR) is 153 cm³/mol. The van der Waals surface area contributed by atoms with Crippen molar-refractivity contribution in [3.63, 3.8) is 0 Å². The molecule has 0 N–H and O–H groups in total. The molecule has 35 heavy (non-hydrogen) atoms. The fourth-order valence-electron chi connectivity index (χ4n) is 5.39. The Labute approximate surface area is 220 Å². The van der Waals surface area contributed by atoms with Crippen molar-refractivity contribution in [3.05, 3.63) is 72.7 Å². The van der Waals surface area contributed by atoms with Gasteiger partial charge >= 0.3 is 7.40 Å². The number of halogens is 3. The Morgan fingerprint density at radius 2 is 1.51 bits per heavy atom. The summed E-state index contributed by atoms with van der Waals surface area (Å²) in [5.41, 5.74) is 11.7. The number of aromatic nitrogens is 1. The van der Waals surface area contributed by atoms with E-state index in [1.54, 1.807) is 0 Å². The van der Waals surface area contributed by atoms with Gasteiger partial charge in [0.15, 0.2) is 0 Å². The number of aryl methyl sites for hydroxylation is 2. The van der Waals surface area contributed by atoms with Crippen molar-refractivity contribution in [1.29, 1.82) is 0 Å². The first kappa shape index (κ1) is 29.3. The maximum absolute atomic E-state index is 14.5. The molecule has 0 atom stereocenters. The monoisotopic (exact) mass is 544 g/mol. The Kier molecular flexibility index (Phi) is 10.3. The molecule has 0 unspecified atom stereocenters. The highest BCUT2D eigenvalue weighted by Crippen LogP contribution is 2.45. The van der Waals surface area contributed by atoms with Gasteiger partial charge in [0.1, 0.15) is 0 Å². The van der Waals surface area contributed by atoms with E-state index < -0.39 is 7.40 Å². The van der Waals surface area contributed by atoms with E-state index in [0.29, 0.717) is 11.4 Å². The van der Waals surface area contributed by atoms with Crippen molar-refractivity contribution in [2.24, 2.45) is 4.99 Å². The number of hydrogen-bond acceptors (Lipinski definition) is 1. The molecule has 6 heteroatoms. The molecule has 1 aliphatic carbocycles. The van der Waals surface area contributed by atoms with Crippen molar-refractivity contribution in [2.75, 3.05) is 0 Å². The second-order valence-electron chi connectivity index (χ2n) is 8.68. The van der Waals surface area contributed by atoms with Crippen LogP contribution in [0.25, 0.3) is 5.57 Å². The summed E-state index contributed by atoms with van der Waals surface area (Å²) in [6.45, 7) is 20.2. The van der Waals surface area contributed by atoms with Crippen LogP contribution in [-0.2, 0) is 12.8 Å². The summed E-state index contributed by atoms with van der Waals surface area (Å²) in [5, 5.41) is 0. The normalized spacial score (nSPS) is 15.7. The Morgan fingerprint density at radius 3 is 2.03 bits per heavy atom. The minimum atomic E-state index is -2.59. The van der Waals surface area contributed by atoms with Gasteiger partial charge in [-0.05, 0) is 111 Å². The first-order valence-electron chi connectivity index (χ1n) is 13.0. The molecular weight excluding hydrogens is 505 g/mol. The number of fused-ring (bicyclic) bond motifs is 1. The largest absolute Gasteiger partial charge is 0.677 e. The molecular formula is C29H40BBrF2N2. The van der Waals surface area contributed by atoms with Gasteiger partial charge in [-0.3, -0.25) is 13.6 Å². The van der Waals surface area contributed by atoms with Crippen molar-refractivity contribution in [3.8, 4) is 0 Å². The minimum absolute atomic E-state index is 0.667. The average molecular weight is 545 g/mol. The lowest BCUT2D eigenvalue weighted by atomic mass is 9.87. The highest BCUT2D eigenvalue weighted by atomic mass is 79.9. The van der Waals surface area contributed by atoms with Crippen LogP contribution >= 0.6 is 15.9 Å².